The normalized spacial score (nSPS) is 11.1. The number of rotatable bonds is 8. The van der Waals surface area contributed by atoms with Crippen LogP contribution in [0, 0.1) is 0 Å². The maximum Gasteiger partial charge on any atom is 0.0104 e. The standard InChI is InChI=1S/C12H22N2S/c1-3-7-13-8-10-14(2)9-6-12-5-4-11-15-12/h4-5,11,13H,3,6-10H2,1-2H3. The van der Waals surface area contributed by atoms with Gasteiger partial charge in [0.2, 0.25) is 0 Å². The van der Waals surface area contributed by atoms with Gasteiger partial charge in [0.1, 0.15) is 0 Å². The first-order valence-electron chi connectivity index (χ1n) is 5.74. The largest absolute Gasteiger partial charge is 0.315 e. The van der Waals surface area contributed by atoms with Crippen LogP contribution in [0.2, 0.25) is 0 Å². The van der Waals surface area contributed by atoms with Crippen molar-refractivity contribution in [3.05, 3.63) is 22.4 Å². The van der Waals surface area contributed by atoms with Gasteiger partial charge in [0.25, 0.3) is 0 Å². The fourth-order valence-electron chi connectivity index (χ4n) is 1.44. The lowest BCUT2D eigenvalue weighted by atomic mass is 10.3. The molecule has 0 unspecified atom stereocenters. The summed E-state index contributed by atoms with van der Waals surface area (Å²) in [6.45, 7) is 6.75. The van der Waals surface area contributed by atoms with Crippen molar-refractivity contribution >= 4 is 11.3 Å². The smallest absolute Gasteiger partial charge is 0.0104 e. The predicted molar refractivity (Wildman–Crippen MR) is 68.7 cm³/mol. The zero-order valence-corrected chi connectivity index (χ0v) is 10.6. The van der Waals surface area contributed by atoms with E-state index in [2.05, 4.69) is 41.7 Å². The molecule has 0 spiro atoms. The molecule has 1 N–H and O–H groups in total. The van der Waals surface area contributed by atoms with Crippen molar-refractivity contribution in [1.29, 1.82) is 0 Å². The van der Waals surface area contributed by atoms with E-state index in [0.717, 1.165) is 26.2 Å². The van der Waals surface area contributed by atoms with E-state index in [1.807, 2.05) is 11.3 Å². The molecule has 1 heterocycles. The molecular formula is C12H22N2S. The number of nitrogens with zero attached hydrogens (tertiary/aromatic N) is 1. The topological polar surface area (TPSA) is 15.3 Å². The van der Waals surface area contributed by atoms with E-state index >= 15 is 0 Å². The fraction of sp³-hybridized carbons (Fsp3) is 0.667. The molecule has 0 aliphatic heterocycles. The molecule has 0 aliphatic carbocycles. The Kier molecular flexibility index (Phi) is 6.64. The van der Waals surface area contributed by atoms with E-state index < -0.39 is 0 Å². The Morgan fingerprint density at radius 2 is 2.20 bits per heavy atom. The monoisotopic (exact) mass is 226 g/mol. The highest BCUT2D eigenvalue weighted by Gasteiger charge is 1.99. The van der Waals surface area contributed by atoms with Crippen LogP contribution < -0.4 is 5.32 Å². The van der Waals surface area contributed by atoms with E-state index in [1.54, 1.807) is 0 Å². The molecule has 0 bridgehead atoms. The van der Waals surface area contributed by atoms with E-state index in [1.165, 1.54) is 17.7 Å². The van der Waals surface area contributed by atoms with Crippen LogP contribution in [0.5, 0.6) is 0 Å². The summed E-state index contributed by atoms with van der Waals surface area (Å²) in [6, 6.07) is 4.34. The molecule has 15 heavy (non-hydrogen) atoms. The highest BCUT2D eigenvalue weighted by atomic mass is 32.1. The average Bonchev–Trinajstić information content (AvgIpc) is 2.74. The maximum atomic E-state index is 3.42. The Hall–Kier alpha value is -0.380. The molecule has 0 aliphatic rings. The predicted octanol–water partition coefficient (Wildman–Crippen LogP) is 2.22. The van der Waals surface area contributed by atoms with Gasteiger partial charge in [-0.15, -0.1) is 11.3 Å². The molecule has 0 fully saturated rings. The summed E-state index contributed by atoms with van der Waals surface area (Å²) in [6.07, 6.45) is 2.40. The molecule has 0 atom stereocenters. The second-order valence-electron chi connectivity index (χ2n) is 3.88. The number of nitrogens with one attached hydrogen (secondary N) is 1. The van der Waals surface area contributed by atoms with Crippen molar-refractivity contribution in [3.63, 3.8) is 0 Å². The van der Waals surface area contributed by atoms with Gasteiger partial charge in [-0.1, -0.05) is 13.0 Å². The molecule has 0 saturated carbocycles. The minimum atomic E-state index is 1.11. The summed E-state index contributed by atoms with van der Waals surface area (Å²) >= 11 is 1.85. The number of thiophene rings is 1. The fourth-order valence-corrected chi connectivity index (χ4v) is 2.14. The van der Waals surface area contributed by atoms with Crippen molar-refractivity contribution in [1.82, 2.24) is 10.2 Å². The molecule has 0 radical (unpaired) electrons. The summed E-state index contributed by atoms with van der Waals surface area (Å²) < 4.78 is 0. The van der Waals surface area contributed by atoms with Gasteiger partial charge < -0.3 is 10.2 Å². The number of likely N-dealkylation sites (N-methyl/N-ethyl adjacent to an activating group) is 1. The Labute approximate surface area is 97.3 Å². The molecule has 1 rings (SSSR count). The van der Waals surface area contributed by atoms with Crippen LogP contribution in [0.1, 0.15) is 18.2 Å². The zero-order valence-electron chi connectivity index (χ0n) is 9.83. The van der Waals surface area contributed by atoms with E-state index in [0.29, 0.717) is 0 Å². The lowest BCUT2D eigenvalue weighted by Gasteiger charge is -2.16. The molecule has 2 nitrogen and oxygen atoms in total. The highest BCUT2D eigenvalue weighted by Crippen LogP contribution is 2.09. The first-order chi connectivity index (χ1) is 7.33. The van der Waals surface area contributed by atoms with Crippen LogP contribution in [0.4, 0.5) is 0 Å². The quantitative estimate of drug-likeness (QED) is 0.684. The third-order valence-corrected chi connectivity index (χ3v) is 3.35. The maximum absolute atomic E-state index is 3.42. The van der Waals surface area contributed by atoms with E-state index in [9.17, 15) is 0 Å². The van der Waals surface area contributed by atoms with Gasteiger partial charge in [0.05, 0.1) is 0 Å². The lowest BCUT2D eigenvalue weighted by molar-refractivity contribution is 0.336. The van der Waals surface area contributed by atoms with Gasteiger partial charge >= 0.3 is 0 Å². The molecule has 1 aromatic rings. The molecule has 0 amide bonds. The molecule has 0 saturated heterocycles. The Bertz CT molecular complexity index is 234. The molecule has 1 aromatic heterocycles. The Morgan fingerprint density at radius 1 is 1.33 bits per heavy atom. The minimum Gasteiger partial charge on any atom is -0.315 e. The summed E-state index contributed by atoms with van der Waals surface area (Å²) in [5.74, 6) is 0. The van der Waals surface area contributed by atoms with Crippen molar-refractivity contribution in [2.24, 2.45) is 0 Å². The van der Waals surface area contributed by atoms with Crippen molar-refractivity contribution in [2.45, 2.75) is 19.8 Å². The summed E-state index contributed by atoms with van der Waals surface area (Å²) in [5.41, 5.74) is 0. The Balaban J connectivity index is 2.01. The van der Waals surface area contributed by atoms with Gasteiger partial charge in [0.15, 0.2) is 0 Å². The summed E-state index contributed by atoms with van der Waals surface area (Å²) in [7, 11) is 2.20. The van der Waals surface area contributed by atoms with Crippen molar-refractivity contribution in [3.8, 4) is 0 Å². The van der Waals surface area contributed by atoms with E-state index in [4.69, 9.17) is 0 Å². The molecule has 0 aromatic carbocycles. The SMILES string of the molecule is CCCNCCN(C)CCc1cccs1. The second kappa shape index (κ2) is 7.85. The van der Waals surface area contributed by atoms with Crippen molar-refractivity contribution < 1.29 is 0 Å². The summed E-state index contributed by atoms with van der Waals surface area (Å²) in [5, 5.41) is 5.57. The lowest BCUT2D eigenvalue weighted by Crippen LogP contribution is -2.30. The molecule has 3 heteroatoms. The summed E-state index contributed by atoms with van der Waals surface area (Å²) in [4.78, 5) is 3.88. The van der Waals surface area contributed by atoms with Crippen LogP contribution in [0.3, 0.4) is 0 Å². The first kappa shape index (κ1) is 12.7. The average molecular weight is 226 g/mol. The van der Waals surface area contributed by atoms with Crippen LogP contribution in [0.25, 0.3) is 0 Å². The number of hydrogen-bond donors (Lipinski definition) is 1. The molecule has 86 valence electrons. The van der Waals surface area contributed by atoms with Crippen LogP contribution in [-0.2, 0) is 6.42 Å². The minimum absolute atomic E-state index is 1.11. The third kappa shape index (κ3) is 5.92. The first-order valence-corrected chi connectivity index (χ1v) is 6.62. The zero-order chi connectivity index (χ0) is 10.9. The van der Waals surface area contributed by atoms with Gasteiger partial charge in [0, 0.05) is 24.5 Å². The Morgan fingerprint density at radius 3 is 2.87 bits per heavy atom. The van der Waals surface area contributed by atoms with Gasteiger partial charge in [-0.25, -0.2) is 0 Å². The van der Waals surface area contributed by atoms with Gasteiger partial charge in [-0.3, -0.25) is 0 Å². The highest BCUT2D eigenvalue weighted by molar-refractivity contribution is 7.09. The van der Waals surface area contributed by atoms with Crippen LogP contribution in [0.15, 0.2) is 17.5 Å². The van der Waals surface area contributed by atoms with Crippen LogP contribution in [-0.4, -0.2) is 38.1 Å². The second-order valence-corrected chi connectivity index (χ2v) is 4.91. The van der Waals surface area contributed by atoms with Crippen LogP contribution >= 0.6 is 11.3 Å². The van der Waals surface area contributed by atoms with Gasteiger partial charge in [-0.2, -0.15) is 0 Å². The van der Waals surface area contributed by atoms with Gasteiger partial charge in [-0.05, 0) is 37.9 Å². The number of hydrogen-bond acceptors (Lipinski definition) is 3. The molecular weight excluding hydrogens is 204 g/mol. The third-order valence-electron chi connectivity index (χ3n) is 2.42. The van der Waals surface area contributed by atoms with Crippen molar-refractivity contribution in [2.75, 3.05) is 33.2 Å². The van der Waals surface area contributed by atoms with E-state index in [-0.39, 0.29) is 0 Å².